The predicted octanol–water partition coefficient (Wildman–Crippen LogP) is 2.18. The molecule has 1 aromatic rings. The summed E-state index contributed by atoms with van der Waals surface area (Å²) in [6, 6.07) is 8.92. The van der Waals surface area contributed by atoms with Gasteiger partial charge in [0.05, 0.1) is 12.2 Å². The van der Waals surface area contributed by atoms with E-state index in [0.29, 0.717) is 23.7 Å². The van der Waals surface area contributed by atoms with Crippen molar-refractivity contribution in [2.45, 2.75) is 6.92 Å². The molecule has 0 unspecified atom stereocenters. The molecule has 0 heterocycles. The number of nitrogens with two attached hydrogens (primary N) is 1. The van der Waals surface area contributed by atoms with E-state index in [0.717, 1.165) is 0 Å². The summed E-state index contributed by atoms with van der Waals surface area (Å²) in [5.41, 5.74) is 6.36. The highest BCUT2D eigenvalue weighted by atomic mass is 32.1. The lowest BCUT2D eigenvalue weighted by molar-refractivity contribution is 0.298. The zero-order valence-electron chi connectivity index (χ0n) is 10.9. The molecule has 20 heavy (non-hydrogen) atoms. The summed E-state index contributed by atoms with van der Waals surface area (Å²) in [6.07, 6.45) is 1.57. The van der Waals surface area contributed by atoms with E-state index in [1.54, 1.807) is 24.3 Å². The SMILES string of the molecule is CCOc1cc(/C=C(/C#N)C(N)=S)ccc1OCC#N. The Kier molecular flexibility index (Phi) is 6.02. The van der Waals surface area contributed by atoms with E-state index in [1.807, 2.05) is 19.1 Å². The van der Waals surface area contributed by atoms with E-state index in [1.165, 1.54) is 0 Å². The van der Waals surface area contributed by atoms with Gasteiger partial charge in [-0.2, -0.15) is 10.5 Å². The molecule has 5 nitrogen and oxygen atoms in total. The van der Waals surface area contributed by atoms with E-state index in [2.05, 4.69) is 0 Å². The van der Waals surface area contributed by atoms with Gasteiger partial charge in [0.25, 0.3) is 0 Å². The summed E-state index contributed by atoms with van der Waals surface area (Å²) in [6.45, 7) is 2.23. The van der Waals surface area contributed by atoms with Gasteiger partial charge in [0, 0.05) is 0 Å². The van der Waals surface area contributed by atoms with Gasteiger partial charge < -0.3 is 15.2 Å². The highest BCUT2D eigenvalue weighted by molar-refractivity contribution is 7.80. The van der Waals surface area contributed by atoms with Crippen molar-refractivity contribution >= 4 is 23.3 Å². The maximum absolute atomic E-state index is 8.92. The second-order valence-electron chi connectivity index (χ2n) is 3.62. The number of hydrogen-bond donors (Lipinski definition) is 1. The van der Waals surface area contributed by atoms with Gasteiger partial charge >= 0.3 is 0 Å². The number of nitrogens with zero attached hydrogens (tertiary/aromatic N) is 2. The number of rotatable bonds is 6. The first-order valence-corrected chi connectivity index (χ1v) is 6.21. The van der Waals surface area contributed by atoms with Crippen LogP contribution in [0.3, 0.4) is 0 Å². The van der Waals surface area contributed by atoms with Crippen LogP contribution < -0.4 is 15.2 Å². The third kappa shape index (κ3) is 4.27. The summed E-state index contributed by atoms with van der Waals surface area (Å²) < 4.78 is 10.7. The molecule has 1 aromatic carbocycles. The molecule has 0 spiro atoms. The van der Waals surface area contributed by atoms with Gasteiger partial charge in [0.1, 0.15) is 17.1 Å². The molecule has 6 heteroatoms. The van der Waals surface area contributed by atoms with Crippen LogP contribution in [-0.4, -0.2) is 18.2 Å². The van der Waals surface area contributed by atoms with Crippen LogP contribution in [0.1, 0.15) is 12.5 Å². The first-order chi connectivity index (χ1) is 9.62. The molecular weight excluding hydrogens is 274 g/mol. The first kappa shape index (κ1) is 15.5. The molecule has 0 radical (unpaired) electrons. The number of ether oxygens (including phenoxy) is 2. The molecule has 0 fully saturated rings. The first-order valence-electron chi connectivity index (χ1n) is 5.80. The predicted molar refractivity (Wildman–Crippen MR) is 79.1 cm³/mol. The van der Waals surface area contributed by atoms with Crippen LogP contribution in [0.5, 0.6) is 11.5 Å². The molecule has 0 saturated carbocycles. The number of benzene rings is 1. The van der Waals surface area contributed by atoms with Crippen LogP contribution in [0.2, 0.25) is 0 Å². The molecule has 0 aliphatic rings. The summed E-state index contributed by atoms with van der Waals surface area (Å²) in [4.78, 5) is 0.0373. The van der Waals surface area contributed by atoms with Crippen molar-refractivity contribution in [3.05, 3.63) is 29.3 Å². The fraction of sp³-hybridized carbons (Fsp3) is 0.214. The second-order valence-corrected chi connectivity index (χ2v) is 4.06. The minimum Gasteiger partial charge on any atom is -0.490 e. The van der Waals surface area contributed by atoms with Gasteiger partial charge in [-0.25, -0.2) is 0 Å². The fourth-order valence-corrected chi connectivity index (χ4v) is 1.54. The zero-order chi connectivity index (χ0) is 15.0. The topological polar surface area (TPSA) is 92.1 Å². The lowest BCUT2D eigenvalue weighted by Crippen LogP contribution is -2.09. The Labute approximate surface area is 122 Å². The van der Waals surface area contributed by atoms with E-state index >= 15 is 0 Å². The Hall–Kier alpha value is -2.57. The van der Waals surface area contributed by atoms with Crippen LogP contribution in [-0.2, 0) is 0 Å². The van der Waals surface area contributed by atoms with Crippen molar-refractivity contribution in [3.8, 4) is 23.6 Å². The zero-order valence-corrected chi connectivity index (χ0v) is 11.7. The van der Waals surface area contributed by atoms with Crippen LogP contribution in [0.15, 0.2) is 23.8 Å². The third-order valence-electron chi connectivity index (χ3n) is 2.26. The Morgan fingerprint density at radius 2 is 2.10 bits per heavy atom. The van der Waals surface area contributed by atoms with Gasteiger partial charge in [-0.05, 0) is 30.7 Å². The Bertz CT molecular complexity index is 612. The summed E-state index contributed by atoms with van der Waals surface area (Å²) in [7, 11) is 0. The number of nitriles is 2. The smallest absolute Gasteiger partial charge is 0.174 e. The molecule has 0 aromatic heterocycles. The summed E-state index contributed by atoms with van der Waals surface area (Å²) in [5, 5.41) is 17.4. The van der Waals surface area contributed by atoms with Gasteiger partial charge in [-0.1, -0.05) is 18.3 Å². The standard InChI is InChI=1S/C14H13N3O2S/c1-2-18-13-8-10(7-11(9-16)14(17)20)3-4-12(13)19-6-5-15/h3-4,7-8H,2,6H2,1H3,(H2,17,20)/b11-7-. The maximum Gasteiger partial charge on any atom is 0.174 e. The monoisotopic (exact) mass is 287 g/mol. The van der Waals surface area contributed by atoms with Gasteiger partial charge in [-0.15, -0.1) is 0 Å². The molecular formula is C14H13N3O2S. The average molecular weight is 287 g/mol. The Morgan fingerprint density at radius 3 is 2.65 bits per heavy atom. The fourth-order valence-electron chi connectivity index (χ4n) is 1.44. The van der Waals surface area contributed by atoms with Gasteiger partial charge in [-0.3, -0.25) is 0 Å². The van der Waals surface area contributed by atoms with Crippen LogP contribution in [0, 0.1) is 22.7 Å². The quantitative estimate of drug-likeness (QED) is 0.490. The molecule has 0 saturated heterocycles. The Morgan fingerprint density at radius 1 is 1.35 bits per heavy atom. The van der Waals surface area contributed by atoms with E-state index in [4.69, 9.17) is 37.9 Å². The maximum atomic E-state index is 8.92. The highest BCUT2D eigenvalue weighted by Crippen LogP contribution is 2.29. The second kappa shape index (κ2) is 7.78. The van der Waals surface area contributed by atoms with Crippen molar-refractivity contribution in [3.63, 3.8) is 0 Å². The summed E-state index contributed by atoms with van der Waals surface area (Å²) >= 11 is 4.78. The minimum atomic E-state index is -0.0639. The van der Waals surface area contributed by atoms with Crippen molar-refractivity contribution in [2.24, 2.45) is 5.73 Å². The minimum absolute atomic E-state index is 0.0373. The largest absolute Gasteiger partial charge is 0.490 e. The van der Waals surface area contributed by atoms with Crippen molar-refractivity contribution in [1.82, 2.24) is 0 Å². The lowest BCUT2D eigenvalue weighted by Gasteiger charge is -2.10. The number of hydrogen-bond acceptors (Lipinski definition) is 5. The summed E-state index contributed by atoms with van der Waals surface area (Å²) in [5.74, 6) is 0.969. The lowest BCUT2D eigenvalue weighted by atomic mass is 10.1. The number of thiocarbonyl (C=S) groups is 1. The van der Waals surface area contributed by atoms with Gasteiger partial charge in [0.2, 0.25) is 0 Å². The molecule has 1 rings (SSSR count). The molecule has 0 atom stereocenters. The Balaban J connectivity index is 3.13. The van der Waals surface area contributed by atoms with Crippen molar-refractivity contribution < 1.29 is 9.47 Å². The molecule has 102 valence electrons. The van der Waals surface area contributed by atoms with E-state index in [-0.39, 0.29) is 17.2 Å². The van der Waals surface area contributed by atoms with Crippen LogP contribution >= 0.6 is 12.2 Å². The third-order valence-corrected chi connectivity index (χ3v) is 2.48. The van der Waals surface area contributed by atoms with E-state index in [9.17, 15) is 0 Å². The van der Waals surface area contributed by atoms with Gasteiger partial charge in [0.15, 0.2) is 18.1 Å². The highest BCUT2D eigenvalue weighted by Gasteiger charge is 2.07. The van der Waals surface area contributed by atoms with Crippen molar-refractivity contribution in [2.75, 3.05) is 13.2 Å². The molecule has 2 N–H and O–H groups in total. The van der Waals surface area contributed by atoms with Crippen LogP contribution in [0.4, 0.5) is 0 Å². The van der Waals surface area contributed by atoms with E-state index < -0.39 is 0 Å². The molecule has 0 aliphatic heterocycles. The molecule has 0 amide bonds. The average Bonchev–Trinajstić information content (AvgIpc) is 2.43. The molecule has 0 aliphatic carbocycles. The normalized spacial score (nSPS) is 10.2. The molecule has 0 bridgehead atoms. The van der Waals surface area contributed by atoms with Crippen molar-refractivity contribution in [1.29, 1.82) is 10.5 Å². The van der Waals surface area contributed by atoms with Crippen LogP contribution in [0.25, 0.3) is 6.08 Å².